The van der Waals surface area contributed by atoms with Crippen LogP contribution in [0.15, 0.2) is 95.2 Å². The lowest BCUT2D eigenvalue weighted by Crippen LogP contribution is -2.49. The lowest BCUT2D eigenvalue weighted by Gasteiger charge is -2.32. The molecule has 0 bridgehead atoms. The molecule has 0 spiro atoms. The highest BCUT2D eigenvalue weighted by molar-refractivity contribution is 6.48. The maximum absolute atomic E-state index is 13.1. The first kappa shape index (κ1) is 23.9. The van der Waals surface area contributed by atoms with E-state index in [1.165, 1.54) is 0 Å². The molecule has 1 aliphatic heterocycles. The average Bonchev–Trinajstić information content (AvgIpc) is 3.05. The van der Waals surface area contributed by atoms with Crippen molar-refractivity contribution < 1.29 is 14.1 Å². The van der Waals surface area contributed by atoms with Crippen molar-refractivity contribution in [1.29, 1.82) is 0 Å². The molecule has 1 amide bonds. The van der Waals surface area contributed by atoms with Crippen LogP contribution in [0.1, 0.15) is 43.6 Å². The minimum atomic E-state index is -0.562. The van der Waals surface area contributed by atoms with Crippen LogP contribution < -0.4 is 5.32 Å². The van der Waals surface area contributed by atoms with Crippen molar-refractivity contribution in [2.24, 2.45) is 10.2 Å². The fraction of sp³-hybridized carbons (Fsp3) is 0.296. The lowest BCUT2D eigenvalue weighted by atomic mass is 9.74. The van der Waals surface area contributed by atoms with Crippen LogP contribution in [0.2, 0.25) is 0 Å². The summed E-state index contributed by atoms with van der Waals surface area (Å²) in [5, 5.41) is 11.6. The van der Waals surface area contributed by atoms with Gasteiger partial charge in [-0.1, -0.05) is 48.5 Å². The van der Waals surface area contributed by atoms with Crippen LogP contribution in [0.3, 0.4) is 0 Å². The first-order chi connectivity index (χ1) is 16.2. The zero-order valence-corrected chi connectivity index (χ0v) is 20.1. The summed E-state index contributed by atoms with van der Waals surface area (Å²) in [4.78, 5) is 13.1. The predicted molar refractivity (Wildman–Crippen MR) is 135 cm³/mol. The van der Waals surface area contributed by atoms with Crippen LogP contribution >= 0.6 is 0 Å². The molecular formula is C27H30BN3O3. The quantitative estimate of drug-likeness (QED) is 0.347. The molecule has 1 N–H and O–H groups in total. The summed E-state index contributed by atoms with van der Waals surface area (Å²) < 4.78 is 12.5. The number of nitrogens with zero attached hydrogens (tertiary/aromatic N) is 2. The molecule has 1 unspecified atom stereocenters. The van der Waals surface area contributed by atoms with E-state index < -0.39 is 18.3 Å². The van der Waals surface area contributed by atoms with Crippen LogP contribution in [-0.2, 0) is 15.7 Å². The van der Waals surface area contributed by atoms with Crippen molar-refractivity contribution in [1.82, 2.24) is 5.32 Å². The van der Waals surface area contributed by atoms with Gasteiger partial charge in [0.05, 0.1) is 28.5 Å². The molecule has 34 heavy (non-hydrogen) atoms. The monoisotopic (exact) mass is 455 g/mol. The Hall–Kier alpha value is -3.29. The van der Waals surface area contributed by atoms with Crippen molar-refractivity contribution in [2.45, 2.75) is 51.3 Å². The number of azo groups is 1. The number of carbonyl (C=O) groups is 1. The number of amides is 1. The molecule has 7 heteroatoms. The summed E-state index contributed by atoms with van der Waals surface area (Å²) in [5.41, 5.74) is 2.11. The Morgan fingerprint density at radius 2 is 1.29 bits per heavy atom. The van der Waals surface area contributed by atoms with Crippen molar-refractivity contribution in [3.8, 4) is 0 Å². The van der Waals surface area contributed by atoms with Crippen molar-refractivity contribution in [2.75, 3.05) is 0 Å². The Morgan fingerprint density at radius 3 is 1.85 bits per heavy atom. The number of benzene rings is 3. The third-order valence-corrected chi connectivity index (χ3v) is 6.38. The van der Waals surface area contributed by atoms with Gasteiger partial charge in [-0.05, 0) is 76.1 Å². The maximum atomic E-state index is 13.1. The molecule has 0 radical (unpaired) electrons. The SMILES string of the molecule is CC1(C)OB(C(Cc2ccccc2)NC(=O)c2ccc(N=Nc3ccccc3)cc2)OC1(C)C. The van der Waals surface area contributed by atoms with E-state index in [2.05, 4.69) is 15.5 Å². The molecule has 1 aliphatic rings. The fourth-order valence-electron chi connectivity index (χ4n) is 3.68. The molecular weight excluding hydrogens is 425 g/mol. The van der Waals surface area contributed by atoms with Gasteiger partial charge in [-0.3, -0.25) is 4.79 Å². The number of hydrogen-bond acceptors (Lipinski definition) is 5. The Morgan fingerprint density at radius 1 is 0.794 bits per heavy atom. The first-order valence-electron chi connectivity index (χ1n) is 11.5. The second-order valence-corrected chi connectivity index (χ2v) is 9.48. The molecule has 0 aromatic heterocycles. The van der Waals surface area contributed by atoms with E-state index in [1.807, 2.05) is 88.4 Å². The molecule has 6 nitrogen and oxygen atoms in total. The van der Waals surface area contributed by atoms with Crippen LogP contribution in [0.4, 0.5) is 11.4 Å². The number of hydrogen-bond donors (Lipinski definition) is 1. The summed E-state index contributed by atoms with van der Waals surface area (Å²) in [6.45, 7) is 8.04. The van der Waals surface area contributed by atoms with E-state index in [0.29, 0.717) is 17.7 Å². The second kappa shape index (κ2) is 9.91. The highest BCUT2D eigenvalue weighted by Gasteiger charge is 2.54. The highest BCUT2D eigenvalue weighted by Crippen LogP contribution is 2.38. The van der Waals surface area contributed by atoms with Crippen LogP contribution in [0.25, 0.3) is 0 Å². The van der Waals surface area contributed by atoms with E-state index in [1.54, 1.807) is 24.3 Å². The van der Waals surface area contributed by atoms with Gasteiger partial charge in [-0.2, -0.15) is 10.2 Å². The maximum Gasteiger partial charge on any atom is 0.482 e. The predicted octanol–water partition coefficient (Wildman–Crippen LogP) is 6.07. The van der Waals surface area contributed by atoms with E-state index in [0.717, 1.165) is 11.3 Å². The van der Waals surface area contributed by atoms with Gasteiger partial charge in [0.25, 0.3) is 5.91 Å². The number of nitrogens with one attached hydrogen (secondary N) is 1. The van der Waals surface area contributed by atoms with Gasteiger partial charge < -0.3 is 14.6 Å². The molecule has 3 aromatic carbocycles. The Bertz CT molecular complexity index is 1120. The van der Waals surface area contributed by atoms with Gasteiger partial charge in [0, 0.05) is 5.56 Å². The third kappa shape index (κ3) is 5.61. The van der Waals surface area contributed by atoms with E-state index >= 15 is 0 Å². The fourth-order valence-corrected chi connectivity index (χ4v) is 3.68. The van der Waals surface area contributed by atoms with Gasteiger partial charge in [-0.15, -0.1) is 0 Å². The molecule has 1 saturated heterocycles. The topological polar surface area (TPSA) is 72.3 Å². The first-order valence-corrected chi connectivity index (χ1v) is 11.5. The summed E-state index contributed by atoms with van der Waals surface area (Å²) in [6.07, 6.45) is 0.590. The van der Waals surface area contributed by atoms with Crippen LogP contribution in [0.5, 0.6) is 0 Å². The van der Waals surface area contributed by atoms with Gasteiger partial charge in [-0.25, -0.2) is 0 Å². The second-order valence-electron chi connectivity index (χ2n) is 9.48. The lowest BCUT2D eigenvalue weighted by molar-refractivity contribution is 0.00578. The minimum Gasteiger partial charge on any atom is -0.402 e. The average molecular weight is 455 g/mol. The van der Waals surface area contributed by atoms with Crippen LogP contribution in [-0.4, -0.2) is 30.2 Å². The molecule has 1 fully saturated rings. The molecule has 1 atom stereocenters. The van der Waals surface area contributed by atoms with Crippen molar-refractivity contribution >= 4 is 24.4 Å². The van der Waals surface area contributed by atoms with Gasteiger partial charge in [0.1, 0.15) is 0 Å². The zero-order valence-electron chi connectivity index (χ0n) is 20.1. The molecule has 0 saturated carbocycles. The number of rotatable bonds is 7. The molecule has 4 rings (SSSR count). The summed E-state index contributed by atoms with van der Waals surface area (Å²) in [6, 6.07) is 26.6. The van der Waals surface area contributed by atoms with Crippen molar-refractivity contribution in [3.63, 3.8) is 0 Å². The Balaban J connectivity index is 1.48. The van der Waals surface area contributed by atoms with Gasteiger partial charge in [0.15, 0.2) is 0 Å². The Labute approximate surface area is 201 Å². The minimum absolute atomic E-state index is 0.192. The molecule has 1 heterocycles. The molecule has 174 valence electrons. The summed E-state index contributed by atoms with van der Waals surface area (Å²) in [5.74, 6) is -0.546. The van der Waals surface area contributed by atoms with Gasteiger partial charge >= 0.3 is 7.12 Å². The third-order valence-electron chi connectivity index (χ3n) is 6.38. The number of carbonyl (C=O) groups excluding carboxylic acids is 1. The largest absolute Gasteiger partial charge is 0.482 e. The Kier molecular flexibility index (Phi) is 6.96. The van der Waals surface area contributed by atoms with E-state index in [4.69, 9.17) is 9.31 Å². The van der Waals surface area contributed by atoms with E-state index in [-0.39, 0.29) is 11.8 Å². The van der Waals surface area contributed by atoms with E-state index in [9.17, 15) is 4.79 Å². The molecule has 0 aliphatic carbocycles. The normalized spacial score (nSPS) is 17.6. The summed E-state index contributed by atoms with van der Waals surface area (Å²) in [7, 11) is -0.562. The smallest absolute Gasteiger partial charge is 0.402 e. The van der Waals surface area contributed by atoms with Crippen molar-refractivity contribution in [3.05, 3.63) is 96.1 Å². The van der Waals surface area contributed by atoms with Crippen LogP contribution in [0, 0.1) is 0 Å². The van der Waals surface area contributed by atoms with Gasteiger partial charge in [0.2, 0.25) is 0 Å². The highest BCUT2D eigenvalue weighted by atomic mass is 16.7. The summed E-state index contributed by atoms with van der Waals surface area (Å²) >= 11 is 0. The zero-order chi connectivity index (χ0) is 24.2. The molecule has 3 aromatic rings. The standard InChI is InChI=1S/C27H30BN3O3/c1-26(2)27(3,4)34-28(33-26)24(19-20-11-7-5-8-12-20)29-25(32)21-15-17-23(18-16-21)31-30-22-13-9-6-10-14-22/h5-18,24H,19H2,1-4H3,(H,29,32).